The van der Waals surface area contributed by atoms with Gasteiger partial charge in [0.1, 0.15) is 24.6 Å². The predicted molar refractivity (Wildman–Crippen MR) is 59.9 cm³/mol. The Balaban J connectivity index is 2.92. The normalized spacial score (nSPS) is 9.94. The van der Waals surface area contributed by atoms with Crippen molar-refractivity contribution in [3.8, 4) is 5.75 Å². The summed E-state index contributed by atoms with van der Waals surface area (Å²) < 4.78 is 22.4. The minimum atomic E-state index is -0.683. The van der Waals surface area contributed by atoms with Crippen molar-refractivity contribution in [1.29, 1.82) is 0 Å². The van der Waals surface area contributed by atoms with Crippen molar-refractivity contribution < 1.29 is 28.6 Å². The first-order chi connectivity index (χ1) is 8.58. The van der Waals surface area contributed by atoms with Crippen LogP contribution in [0, 0.1) is 5.82 Å². The molecule has 1 aromatic rings. The van der Waals surface area contributed by atoms with Gasteiger partial charge < -0.3 is 14.6 Å². The number of methoxy groups -OCH3 is 1. The van der Waals surface area contributed by atoms with E-state index in [9.17, 15) is 14.0 Å². The lowest BCUT2D eigenvalue weighted by Crippen LogP contribution is -2.12. The minimum absolute atomic E-state index is 0.00190. The number of carbonyl (C=O) groups excluding carboxylic acids is 2. The number of benzene rings is 1. The molecule has 0 saturated carbocycles. The smallest absolute Gasteiger partial charge is 0.313 e. The number of hydrogen-bond donors (Lipinski definition) is 1. The molecule has 0 fully saturated rings. The third-order valence-corrected chi connectivity index (χ3v) is 2.13. The van der Waals surface area contributed by atoms with Crippen molar-refractivity contribution in [3.63, 3.8) is 0 Å². The second-order valence-corrected chi connectivity index (χ2v) is 3.39. The lowest BCUT2D eigenvalue weighted by molar-refractivity contribution is -0.139. The number of aliphatic hydroxyl groups is 1. The second-order valence-electron chi connectivity index (χ2n) is 3.39. The maximum Gasteiger partial charge on any atom is 0.313 e. The average Bonchev–Trinajstić information content (AvgIpc) is 2.36. The zero-order valence-corrected chi connectivity index (χ0v) is 9.81. The van der Waals surface area contributed by atoms with Crippen LogP contribution in [-0.4, -0.2) is 37.2 Å². The Morgan fingerprint density at radius 1 is 1.39 bits per heavy atom. The molecule has 0 amide bonds. The molecule has 6 heteroatoms. The molecule has 5 nitrogen and oxygen atoms in total. The fourth-order valence-electron chi connectivity index (χ4n) is 1.30. The number of carbonyl (C=O) groups is 2. The number of rotatable bonds is 6. The van der Waals surface area contributed by atoms with Gasteiger partial charge in [-0.15, -0.1) is 0 Å². The quantitative estimate of drug-likeness (QED) is 0.466. The van der Waals surface area contributed by atoms with E-state index in [1.54, 1.807) is 0 Å². The molecular formula is C12H13FO5. The van der Waals surface area contributed by atoms with Crippen molar-refractivity contribution in [2.75, 3.05) is 20.3 Å². The maximum absolute atomic E-state index is 13.0. The Bertz CT molecular complexity index is 444. The van der Waals surface area contributed by atoms with Crippen LogP contribution in [-0.2, 0) is 9.53 Å². The number of hydrogen-bond acceptors (Lipinski definition) is 5. The number of aliphatic hydroxyl groups excluding tert-OH is 1. The third-order valence-electron chi connectivity index (χ3n) is 2.13. The molecular weight excluding hydrogens is 243 g/mol. The van der Waals surface area contributed by atoms with Gasteiger partial charge >= 0.3 is 5.97 Å². The van der Waals surface area contributed by atoms with E-state index >= 15 is 0 Å². The number of ketones is 1. The van der Waals surface area contributed by atoms with E-state index in [1.165, 1.54) is 13.2 Å². The summed E-state index contributed by atoms with van der Waals surface area (Å²) in [5.74, 6) is -1.79. The molecule has 0 aliphatic heterocycles. The first-order valence-corrected chi connectivity index (χ1v) is 5.21. The Labute approximate surface area is 103 Å². The molecule has 0 unspecified atom stereocenters. The molecule has 1 N–H and O–H groups in total. The summed E-state index contributed by atoms with van der Waals surface area (Å²) in [6.07, 6.45) is -0.447. The summed E-state index contributed by atoms with van der Waals surface area (Å²) in [4.78, 5) is 22.7. The molecule has 1 aromatic carbocycles. The molecule has 18 heavy (non-hydrogen) atoms. The van der Waals surface area contributed by atoms with E-state index in [-0.39, 0.29) is 24.5 Å². The molecule has 0 spiro atoms. The number of ether oxygens (including phenoxy) is 2. The summed E-state index contributed by atoms with van der Waals surface area (Å²) in [5.41, 5.74) is 0.0789. The summed E-state index contributed by atoms with van der Waals surface area (Å²) in [5, 5.41) is 8.63. The number of Topliss-reactive ketones (excluding diaryl/α,β-unsaturated/α-hetero) is 1. The Morgan fingerprint density at radius 2 is 2.11 bits per heavy atom. The predicted octanol–water partition coefficient (Wildman–Crippen LogP) is 0.943. The first kappa shape index (κ1) is 14.1. The molecule has 0 aromatic heterocycles. The molecule has 0 aliphatic rings. The largest absolute Gasteiger partial charge is 0.490 e. The van der Waals surface area contributed by atoms with Crippen LogP contribution < -0.4 is 4.74 Å². The monoisotopic (exact) mass is 256 g/mol. The summed E-state index contributed by atoms with van der Waals surface area (Å²) in [7, 11) is 1.17. The van der Waals surface area contributed by atoms with Crippen LogP contribution in [0.3, 0.4) is 0 Å². The zero-order valence-electron chi connectivity index (χ0n) is 9.81. The van der Waals surface area contributed by atoms with E-state index in [4.69, 9.17) is 9.84 Å². The molecule has 98 valence electrons. The highest BCUT2D eigenvalue weighted by Gasteiger charge is 2.17. The van der Waals surface area contributed by atoms with Gasteiger partial charge in [0.15, 0.2) is 5.78 Å². The second kappa shape index (κ2) is 6.70. The van der Waals surface area contributed by atoms with Crippen molar-refractivity contribution in [1.82, 2.24) is 0 Å². The molecule has 0 radical (unpaired) electrons. The van der Waals surface area contributed by atoms with Crippen molar-refractivity contribution in [2.24, 2.45) is 0 Å². The zero-order chi connectivity index (χ0) is 13.5. The Kier molecular flexibility index (Phi) is 5.26. The highest BCUT2D eigenvalue weighted by molar-refractivity contribution is 6.07. The van der Waals surface area contributed by atoms with E-state index in [2.05, 4.69) is 4.74 Å². The van der Waals surface area contributed by atoms with Gasteiger partial charge in [0.25, 0.3) is 0 Å². The summed E-state index contributed by atoms with van der Waals surface area (Å²) in [6, 6.07) is 3.35. The Hall–Kier alpha value is -1.95. The van der Waals surface area contributed by atoms with Gasteiger partial charge in [0, 0.05) is 6.07 Å². The average molecular weight is 256 g/mol. The van der Waals surface area contributed by atoms with Crippen molar-refractivity contribution >= 4 is 11.8 Å². The van der Waals surface area contributed by atoms with E-state index < -0.39 is 24.0 Å². The van der Waals surface area contributed by atoms with E-state index in [0.717, 1.165) is 12.1 Å². The lowest BCUT2D eigenvalue weighted by Gasteiger charge is -2.09. The number of halogens is 1. The van der Waals surface area contributed by atoms with Gasteiger partial charge in [0.2, 0.25) is 0 Å². The molecule has 0 aliphatic carbocycles. The summed E-state index contributed by atoms with van der Waals surface area (Å²) >= 11 is 0. The van der Waals surface area contributed by atoms with E-state index in [0.29, 0.717) is 0 Å². The van der Waals surface area contributed by atoms with Gasteiger partial charge in [-0.3, -0.25) is 9.59 Å². The molecule has 0 atom stereocenters. The van der Waals surface area contributed by atoms with Gasteiger partial charge in [-0.25, -0.2) is 4.39 Å². The standard InChI is InChI=1S/C12H13FO5/c1-17-12(16)7-10(15)9-3-2-8(13)6-11(9)18-5-4-14/h2-3,6,14H,4-5,7H2,1H3. The van der Waals surface area contributed by atoms with Gasteiger partial charge in [-0.1, -0.05) is 0 Å². The molecule has 0 bridgehead atoms. The highest BCUT2D eigenvalue weighted by Crippen LogP contribution is 2.21. The van der Waals surface area contributed by atoms with Crippen molar-refractivity contribution in [3.05, 3.63) is 29.6 Å². The highest BCUT2D eigenvalue weighted by atomic mass is 19.1. The van der Waals surface area contributed by atoms with Crippen LogP contribution in [0.25, 0.3) is 0 Å². The lowest BCUT2D eigenvalue weighted by atomic mass is 10.1. The SMILES string of the molecule is COC(=O)CC(=O)c1ccc(F)cc1OCCO. The van der Waals surface area contributed by atoms with Crippen LogP contribution in [0.5, 0.6) is 5.75 Å². The fraction of sp³-hybridized carbons (Fsp3) is 0.333. The van der Waals surface area contributed by atoms with Crippen LogP contribution in [0.1, 0.15) is 16.8 Å². The Morgan fingerprint density at radius 3 is 2.72 bits per heavy atom. The first-order valence-electron chi connectivity index (χ1n) is 5.21. The maximum atomic E-state index is 13.0. The molecule has 1 rings (SSSR count). The van der Waals surface area contributed by atoms with Gasteiger partial charge in [-0.05, 0) is 12.1 Å². The van der Waals surface area contributed by atoms with E-state index in [1.807, 2.05) is 0 Å². The van der Waals surface area contributed by atoms with Crippen LogP contribution in [0.2, 0.25) is 0 Å². The van der Waals surface area contributed by atoms with Crippen LogP contribution in [0.15, 0.2) is 18.2 Å². The van der Waals surface area contributed by atoms with Gasteiger partial charge in [-0.2, -0.15) is 0 Å². The van der Waals surface area contributed by atoms with Crippen LogP contribution in [0.4, 0.5) is 4.39 Å². The van der Waals surface area contributed by atoms with Gasteiger partial charge in [0.05, 0.1) is 19.3 Å². The third kappa shape index (κ3) is 3.81. The van der Waals surface area contributed by atoms with Crippen molar-refractivity contribution in [2.45, 2.75) is 6.42 Å². The molecule has 0 saturated heterocycles. The summed E-state index contributed by atoms with van der Waals surface area (Å²) in [6.45, 7) is -0.330. The topological polar surface area (TPSA) is 72.8 Å². The minimum Gasteiger partial charge on any atom is -0.490 e. The fourth-order valence-corrected chi connectivity index (χ4v) is 1.30. The molecule has 0 heterocycles. The number of esters is 1. The van der Waals surface area contributed by atoms with Crippen LogP contribution >= 0.6 is 0 Å².